The van der Waals surface area contributed by atoms with Crippen LogP contribution in [-0.2, 0) is 9.53 Å². The number of ketones is 1. The van der Waals surface area contributed by atoms with E-state index in [0.29, 0.717) is 35.8 Å². The molecule has 0 amide bonds. The van der Waals surface area contributed by atoms with Crippen molar-refractivity contribution >= 4 is 17.8 Å². The number of Topliss-reactive ketones (excluding diaryl/α,β-unsaturated/α-hetero) is 1. The molecule has 4 rings (SSSR count). The van der Waals surface area contributed by atoms with Crippen molar-refractivity contribution in [3.63, 3.8) is 0 Å². The second-order valence-electron chi connectivity index (χ2n) is 5.85. The molecule has 2 aromatic carbocycles. The van der Waals surface area contributed by atoms with Crippen LogP contribution in [0.5, 0.6) is 17.2 Å². The Morgan fingerprint density at radius 3 is 2.62 bits per heavy atom. The van der Waals surface area contributed by atoms with Gasteiger partial charge in [0.1, 0.15) is 25.6 Å². The van der Waals surface area contributed by atoms with E-state index in [9.17, 15) is 9.59 Å². The zero-order chi connectivity index (χ0) is 17.9. The maximum absolute atomic E-state index is 12.3. The van der Waals surface area contributed by atoms with Crippen molar-refractivity contribution in [1.82, 2.24) is 0 Å². The normalized spacial score (nSPS) is 14.5. The molecule has 2 heterocycles. The molecule has 0 spiro atoms. The van der Waals surface area contributed by atoms with Gasteiger partial charge >= 0.3 is 5.97 Å². The molecule has 2 aromatic rings. The fourth-order valence-corrected chi connectivity index (χ4v) is 2.76. The van der Waals surface area contributed by atoms with Crippen LogP contribution >= 0.6 is 0 Å². The molecular weight excluding hydrogens is 336 g/mol. The Bertz CT molecular complexity index is 899. The second kappa shape index (κ2) is 6.92. The van der Waals surface area contributed by atoms with Crippen LogP contribution in [0.25, 0.3) is 6.08 Å². The van der Waals surface area contributed by atoms with Gasteiger partial charge in [-0.3, -0.25) is 4.79 Å². The summed E-state index contributed by atoms with van der Waals surface area (Å²) in [7, 11) is 0. The molecule has 0 atom stereocenters. The molecule has 26 heavy (non-hydrogen) atoms. The molecule has 0 fully saturated rings. The molecule has 0 saturated heterocycles. The van der Waals surface area contributed by atoms with Crippen LogP contribution in [0, 0.1) is 0 Å². The van der Waals surface area contributed by atoms with Gasteiger partial charge in [-0.2, -0.15) is 0 Å². The van der Waals surface area contributed by atoms with E-state index < -0.39 is 5.97 Å². The monoisotopic (exact) mass is 352 g/mol. The molecular formula is C20H16O6. The highest BCUT2D eigenvalue weighted by Gasteiger charge is 2.20. The summed E-state index contributed by atoms with van der Waals surface area (Å²) in [5, 5.41) is 0. The Labute approximate surface area is 149 Å². The van der Waals surface area contributed by atoms with E-state index in [1.165, 1.54) is 0 Å². The van der Waals surface area contributed by atoms with Gasteiger partial charge in [0.2, 0.25) is 0 Å². The minimum absolute atomic E-state index is 0.119. The zero-order valence-corrected chi connectivity index (χ0v) is 13.9. The average molecular weight is 352 g/mol. The molecule has 2 aliphatic heterocycles. The van der Waals surface area contributed by atoms with Crippen molar-refractivity contribution in [3.8, 4) is 17.2 Å². The average Bonchev–Trinajstić information content (AvgIpc) is 2.71. The van der Waals surface area contributed by atoms with Crippen molar-refractivity contribution < 1.29 is 28.5 Å². The Hall–Kier alpha value is -3.28. The summed E-state index contributed by atoms with van der Waals surface area (Å²) in [5.74, 6) is 0.969. The van der Waals surface area contributed by atoms with Crippen molar-refractivity contribution in [3.05, 3.63) is 59.2 Å². The number of hydrogen-bond donors (Lipinski definition) is 0. The number of benzene rings is 2. The molecule has 132 valence electrons. The highest BCUT2D eigenvalue weighted by Crippen LogP contribution is 2.31. The van der Waals surface area contributed by atoms with Crippen LogP contribution in [0.15, 0.2) is 48.0 Å². The van der Waals surface area contributed by atoms with Crippen LogP contribution in [0.1, 0.15) is 15.9 Å². The van der Waals surface area contributed by atoms with Gasteiger partial charge in [-0.1, -0.05) is 18.2 Å². The Morgan fingerprint density at radius 1 is 0.923 bits per heavy atom. The molecule has 0 aromatic heterocycles. The molecule has 6 heteroatoms. The fourth-order valence-electron chi connectivity index (χ4n) is 2.76. The first-order chi connectivity index (χ1) is 12.7. The summed E-state index contributed by atoms with van der Waals surface area (Å²) in [6, 6.07) is 12.3. The van der Waals surface area contributed by atoms with Gasteiger partial charge in [0.15, 0.2) is 23.9 Å². The topological polar surface area (TPSA) is 71.1 Å². The molecule has 6 nitrogen and oxygen atoms in total. The van der Waals surface area contributed by atoms with Gasteiger partial charge in [0.25, 0.3) is 0 Å². The van der Waals surface area contributed by atoms with Crippen LogP contribution in [0.2, 0.25) is 0 Å². The third kappa shape index (κ3) is 3.26. The standard InChI is InChI=1S/C20H16O6/c21-16(13-5-6-18-19(10-13)24-8-7-23-18)12-26-20(22)15-9-14-3-1-2-4-17(14)25-11-15/h1-6,9-10H,7-8,11-12H2. The van der Waals surface area contributed by atoms with Crippen LogP contribution in [-0.4, -0.2) is 38.2 Å². The first-order valence-corrected chi connectivity index (χ1v) is 8.23. The molecule has 0 saturated carbocycles. The lowest BCUT2D eigenvalue weighted by molar-refractivity contribution is -0.138. The first kappa shape index (κ1) is 16.2. The SMILES string of the molecule is O=C(OCC(=O)c1ccc2c(c1)OCCO2)C1=Cc2ccccc2OC1. The lowest BCUT2D eigenvalue weighted by Gasteiger charge is -2.18. The van der Waals surface area contributed by atoms with Crippen molar-refractivity contribution in [1.29, 1.82) is 0 Å². The smallest absolute Gasteiger partial charge is 0.337 e. The largest absolute Gasteiger partial charge is 0.488 e. The number of carbonyl (C=O) groups is 2. The summed E-state index contributed by atoms with van der Waals surface area (Å²) in [4.78, 5) is 24.5. The van der Waals surface area contributed by atoms with Crippen molar-refractivity contribution in [2.24, 2.45) is 0 Å². The van der Waals surface area contributed by atoms with E-state index in [2.05, 4.69) is 0 Å². The van der Waals surface area contributed by atoms with Gasteiger partial charge in [-0.05, 0) is 30.3 Å². The highest BCUT2D eigenvalue weighted by molar-refractivity contribution is 6.01. The minimum atomic E-state index is -0.564. The number of esters is 1. The Balaban J connectivity index is 1.40. The summed E-state index contributed by atoms with van der Waals surface area (Å²) < 4.78 is 21.6. The predicted octanol–water partition coefficient (Wildman–Crippen LogP) is 2.66. The zero-order valence-electron chi connectivity index (χ0n) is 13.9. The third-order valence-corrected chi connectivity index (χ3v) is 4.09. The van der Waals surface area contributed by atoms with E-state index in [1.54, 1.807) is 24.3 Å². The van der Waals surface area contributed by atoms with E-state index >= 15 is 0 Å². The number of fused-ring (bicyclic) bond motifs is 2. The highest BCUT2D eigenvalue weighted by atomic mass is 16.6. The van der Waals surface area contributed by atoms with E-state index in [4.69, 9.17) is 18.9 Å². The number of carbonyl (C=O) groups excluding carboxylic acids is 2. The lowest BCUT2D eigenvalue weighted by Crippen LogP contribution is -2.21. The van der Waals surface area contributed by atoms with Gasteiger partial charge in [-0.15, -0.1) is 0 Å². The van der Waals surface area contributed by atoms with Crippen molar-refractivity contribution in [2.75, 3.05) is 26.4 Å². The van der Waals surface area contributed by atoms with E-state index in [-0.39, 0.29) is 19.0 Å². The lowest BCUT2D eigenvalue weighted by atomic mass is 10.1. The summed E-state index contributed by atoms with van der Waals surface area (Å²) >= 11 is 0. The molecule has 2 aliphatic rings. The summed E-state index contributed by atoms with van der Waals surface area (Å²) in [6.45, 7) is 0.693. The minimum Gasteiger partial charge on any atom is -0.488 e. The van der Waals surface area contributed by atoms with Crippen LogP contribution < -0.4 is 14.2 Å². The molecule has 0 N–H and O–H groups in total. The first-order valence-electron chi connectivity index (χ1n) is 8.23. The summed E-state index contributed by atoms with van der Waals surface area (Å²) in [6.07, 6.45) is 1.72. The summed E-state index contributed by atoms with van der Waals surface area (Å²) in [5.41, 5.74) is 1.59. The second-order valence-corrected chi connectivity index (χ2v) is 5.85. The fraction of sp³-hybridized carbons (Fsp3) is 0.200. The third-order valence-electron chi connectivity index (χ3n) is 4.09. The Kier molecular flexibility index (Phi) is 4.31. The molecule has 0 unspecified atom stereocenters. The van der Waals surface area contributed by atoms with E-state index in [0.717, 1.165) is 11.3 Å². The van der Waals surface area contributed by atoms with Crippen molar-refractivity contribution in [2.45, 2.75) is 0 Å². The quantitative estimate of drug-likeness (QED) is 0.622. The van der Waals surface area contributed by atoms with Gasteiger partial charge in [0, 0.05) is 11.1 Å². The number of para-hydroxylation sites is 1. The van der Waals surface area contributed by atoms with Crippen LogP contribution in [0.3, 0.4) is 0 Å². The van der Waals surface area contributed by atoms with Gasteiger partial charge in [0.05, 0.1) is 5.57 Å². The van der Waals surface area contributed by atoms with Crippen LogP contribution in [0.4, 0.5) is 0 Å². The number of rotatable bonds is 4. The molecule has 0 aliphatic carbocycles. The number of ether oxygens (including phenoxy) is 4. The molecule has 0 bridgehead atoms. The number of hydrogen-bond acceptors (Lipinski definition) is 6. The van der Waals surface area contributed by atoms with Gasteiger partial charge in [-0.25, -0.2) is 4.79 Å². The molecule has 0 radical (unpaired) electrons. The maximum Gasteiger partial charge on any atom is 0.337 e. The van der Waals surface area contributed by atoms with Gasteiger partial charge < -0.3 is 18.9 Å². The van der Waals surface area contributed by atoms with E-state index in [1.807, 2.05) is 24.3 Å². The maximum atomic E-state index is 12.3. The Morgan fingerprint density at radius 2 is 1.73 bits per heavy atom. The predicted molar refractivity (Wildman–Crippen MR) is 92.6 cm³/mol.